The van der Waals surface area contributed by atoms with Crippen molar-refractivity contribution in [1.82, 2.24) is 5.32 Å². The Hall–Kier alpha value is -0.540. The molecule has 1 aromatic rings. The van der Waals surface area contributed by atoms with Gasteiger partial charge in [0.05, 0.1) is 0 Å². The highest BCUT2D eigenvalue weighted by atomic mass is 79.9. The van der Waals surface area contributed by atoms with E-state index in [-0.39, 0.29) is 0 Å². The average molecular weight is 325 g/mol. The molecule has 1 saturated heterocycles. The molecule has 0 aromatic heterocycles. The van der Waals surface area contributed by atoms with Crippen LogP contribution in [0.15, 0.2) is 22.7 Å². The fourth-order valence-electron chi connectivity index (χ4n) is 3.10. The Morgan fingerprint density at radius 1 is 1.32 bits per heavy atom. The molecule has 1 aliphatic heterocycles. The van der Waals surface area contributed by atoms with Gasteiger partial charge >= 0.3 is 0 Å². The third-order valence-electron chi connectivity index (χ3n) is 4.33. The van der Waals surface area contributed by atoms with Gasteiger partial charge in [0, 0.05) is 29.3 Å². The van der Waals surface area contributed by atoms with Crippen molar-refractivity contribution in [3.8, 4) is 0 Å². The second kappa shape index (κ2) is 6.27. The van der Waals surface area contributed by atoms with Crippen LogP contribution in [0.4, 0.5) is 5.69 Å². The van der Waals surface area contributed by atoms with Crippen LogP contribution in [0.1, 0.15) is 32.8 Å². The van der Waals surface area contributed by atoms with E-state index in [9.17, 15) is 0 Å². The van der Waals surface area contributed by atoms with Crippen molar-refractivity contribution in [1.29, 1.82) is 0 Å². The smallest absolute Gasteiger partial charge is 0.0380 e. The lowest BCUT2D eigenvalue weighted by atomic mass is 9.85. The normalized spacial score (nSPS) is 27.6. The second-order valence-corrected chi connectivity index (χ2v) is 6.87. The molecule has 3 unspecified atom stereocenters. The first-order valence-electron chi connectivity index (χ1n) is 7.22. The van der Waals surface area contributed by atoms with Crippen LogP contribution in [0.2, 0.25) is 0 Å². The van der Waals surface area contributed by atoms with Crippen LogP contribution in [0, 0.1) is 11.8 Å². The molecule has 106 valence electrons. The molecule has 1 aromatic carbocycles. The van der Waals surface area contributed by atoms with Gasteiger partial charge in [-0.15, -0.1) is 0 Å². The lowest BCUT2D eigenvalue weighted by Crippen LogP contribution is -2.45. The van der Waals surface area contributed by atoms with E-state index >= 15 is 0 Å². The van der Waals surface area contributed by atoms with Crippen LogP contribution in [0.25, 0.3) is 0 Å². The second-order valence-electron chi connectivity index (χ2n) is 6.02. The van der Waals surface area contributed by atoms with Crippen LogP contribution < -0.4 is 10.2 Å². The molecule has 1 heterocycles. The molecule has 3 atom stereocenters. The molecular weight excluding hydrogens is 300 g/mol. The summed E-state index contributed by atoms with van der Waals surface area (Å²) < 4.78 is 1.21. The number of hydrogen-bond donors (Lipinski definition) is 1. The number of rotatable bonds is 3. The zero-order valence-corrected chi connectivity index (χ0v) is 14.0. The SMILES string of the molecule is CNCc1ccc(N2CC(C)CC(C)C2C)cc1Br. The first kappa shape index (κ1) is 14.9. The Labute approximate surface area is 125 Å². The molecule has 0 saturated carbocycles. The largest absolute Gasteiger partial charge is 0.368 e. The molecule has 1 fully saturated rings. The summed E-state index contributed by atoms with van der Waals surface area (Å²) in [7, 11) is 1.98. The lowest BCUT2D eigenvalue weighted by Gasteiger charge is -2.42. The van der Waals surface area contributed by atoms with Crippen LogP contribution in [-0.2, 0) is 6.54 Å². The monoisotopic (exact) mass is 324 g/mol. The quantitative estimate of drug-likeness (QED) is 0.902. The molecule has 0 bridgehead atoms. The third kappa shape index (κ3) is 3.32. The fraction of sp³-hybridized carbons (Fsp3) is 0.625. The van der Waals surface area contributed by atoms with Crippen molar-refractivity contribution >= 4 is 21.6 Å². The molecule has 0 amide bonds. The van der Waals surface area contributed by atoms with Gasteiger partial charge in [-0.2, -0.15) is 0 Å². The minimum absolute atomic E-state index is 0.623. The van der Waals surface area contributed by atoms with Gasteiger partial charge in [-0.1, -0.05) is 35.8 Å². The summed E-state index contributed by atoms with van der Waals surface area (Å²) in [5.41, 5.74) is 2.66. The van der Waals surface area contributed by atoms with Crippen LogP contribution in [-0.4, -0.2) is 19.6 Å². The standard InChI is InChI=1S/C16H25BrN2/c1-11-7-12(2)13(3)19(10-11)15-6-5-14(9-18-4)16(17)8-15/h5-6,8,11-13,18H,7,9-10H2,1-4H3. The number of anilines is 1. The van der Waals surface area contributed by atoms with E-state index in [0.29, 0.717) is 6.04 Å². The number of hydrogen-bond acceptors (Lipinski definition) is 2. The maximum Gasteiger partial charge on any atom is 0.0380 e. The molecule has 1 aliphatic rings. The molecule has 0 aliphatic carbocycles. The zero-order chi connectivity index (χ0) is 14.0. The highest BCUT2D eigenvalue weighted by Crippen LogP contribution is 2.33. The molecule has 2 nitrogen and oxygen atoms in total. The van der Waals surface area contributed by atoms with Gasteiger partial charge in [-0.05, 0) is 49.9 Å². The molecule has 3 heteroatoms. The van der Waals surface area contributed by atoms with Gasteiger partial charge in [0.25, 0.3) is 0 Å². The van der Waals surface area contributed by atoms with Gasteiger partial charge in [0.1, 0.15) is 0 Å². The Bertz CT molecular complexity index is 433. The Balaban J connectivity index is 2.23. The summed E-state index contributed by atoms with van der Waals surface area (Å²) in [6.45, 7) is 9.16. The highest BCUT2D eigenvalue weighted by Gasteiger charge is 2.28. The maximum atomic E-state index is 3.70. The summed E-state index contributed by atoms with van der Waals surface area (Å²) in [6.07, 6.45) is 1.34. The summed E-state index contributed by atoms with van der Waals surface area (Å²) in [5, 5.41) is 3.20. The number of nitrogens with one attached hydrogen (secondary N) is 1. The molecule has 0 radical (unpaired) electrons. The van der Waals surface area contributed by atoms with Crippen molar-refractivity contribution in [2.75, 3.05) is 18.5 Å². The van der Waals surface area contributed by atoms with E-state index in [4.69, 9.17) is 0 Å². The van der Waals surface area contributed by atoms with Crippen molar-refractivity contribution in [3.05, 3.63) is 28.2 Å². The Morgan fingerprint density at radius 2 is 2.05 bits per heavy atom. The molecule has 0 spiro atoms. The first-order chi connectivity index (χ1) is 9.02. The number of benzene rings is 1. The molecule has 1 N–H and O–H groups in total. The minimum atomic E-state index is 0.623. The minimum Gasteiger partial charge on any atom is -0.368 e. The van der Waals surface area contributed by atoms with E-state index in [0.717, 1.165) is 18.4 Å². The zero-order valence-electron chi connectivity index (χ0n) is 12.4. The summed E-state index contributed by atoms with van der Waals surface area (Å²) in [5.74, 6) is 1.54. The average Bonchev–Trinajstić information content (AvgIpc) is 2.36. The first-order valence-corrected chi connectivity index (χ1v) is 8.02. The van der Waals surface area contributed by atoms with Gasteiger partial charge in [-0.25, -0.2) is 0 Å². The lowest BCUT2D eigenvalue weighted by molar-refractivity contribution is 0.297. The molecular formula is C16H25BrN2. The van der Waals surface area contributed by atoms with Crippen LogP contribution in [0.5, 0.6) is 0 Å². The topological polar surface area (TPSA) is 15.3 Å². The van der Waals surface area contributed by atoms with Crippen molar-refractivity contribution in [2.45, 2.75) is 39.8 Å². The van der Waals surface area contributed by atoms with Gasteiger partial charge < -0.3 is 10.2 Å². The van der Waals surface area contributed by atoms with E-state index in [1.165, 1.54) is 28.7 Å². The number of halogens is 1. The van der Waals surface area contributed by atoms with E-state index < -0.39 is 0 Å². The predicted molar refractivity (Wildman–Crippen MR) is 86.7 cm³/mol. The summed E-state index contributed by atoms with van der Waals surface area (Å²) >= 11 is 3.70. The molecule has 19 heavy (non-hydrogen) atoms. The number of nitrogens with zero attached hydrogens (tertiary/aromatic N) is 1. The predicted octanol–water partition coefficient (Wildman–Crippen LogP) is 4.04. The number of piperidine rings is 1. The van der Waals surface area contributed by atoms with Crippen LogP contribution in [0.3, 0.4) is 0 Å². The summed E-state index contributed by atoms with van der Waals surface area (Å²) in [6, 6.07) is 7.39. The highest BCUT2D eigenvalue weighted by molar-refractivity contribution is 9.10. The van der Waals surface area contributed by atoms with Gasteiger partial charge in [0.15, 0.2) is 0 Å². The third-order valence-corrected chi connectivity index (χ3v) is 5.07. The van der Waals surface area contributed by atoms with Gasteiger partial charge in [0.2, 0.25) is 0 Å². The van der Waals surface area contributed by atoms with E-state index in [1.54, 1.807) is 0 Å². The Morgan fingerprint density at radius 3 is 2.68 bits per heavy atom. The Kier molecular flexibility index (Phi) is 4.91. The van der Waals surface area contributed by atoms with Gasteiger partial charge in [-0.3, -0.25) is 0 Å². The van der Waals surface area contributed by atoms with Crippen molar-refractivity contribution < 1.29 is 0 Å². The van der Waals surface area contributed by atoms with E-state index in [1.807, 2.05) is 7.05 Å². The van der Waals surface area contributed by atoms with Crippen molar-refractivity contribution in [2.24, 2.45) is 11.8 Å². The van der Waals surface area contributed by atoms with Crippen molar-refractivity contribution in [3.63, 3.8) is 0 Å². The fourth-order valence-corrected chi connectivity index (χ4v) is 3.61. The van der Waals surface area contributed by atoms with E-state index in [2.05, 4.69) is 65.1 Å². The summed E-state index contributed by atoms with van der Waals surface area (Å²) in [4.78, 5) is 2.56. The van der Waals surface area contributed by atoms with Crippen LogP contribution >= 0.6 is 15.9 Å². The maximum absolute atomic E-state index is 3.70. The molecule has 2 rings (SSSR count).